The summed E-state index contributed by atoms with van der Waals surface area (Å²) in [5.41, 5.74) is 3.01. The molecule has 2 heterocycles. The molecule has 2 aromatic heterocycles. The van der Waals surface area contributed by atoms with Gasteiger partial charge in [-0.2, -0.15) is 0 Å². The monoisotopic (exact) mass is 250 g/mol. The Morgan fingerprint density at radius 3 is 2.74 bits per heavy atom. The van der Waals surface area contributed by atoms with Crippen molar-refractivity contribution in [3.8, 4) is 11.4 Å². The van der Waals surface area contributed by atoms with Gasteiger partial charge in [0.1, 0.15) is 5.82 Å². The molecule has 0 aliphatic rings. The van der Waals surface area contributed by atoms with Crippen molar-refractivity contribution in [2.75, 3.05) is 12.4 Å². The van der Waals surface area contributed by atoms with Crippen LogP contribution in [0.3, 0.4) is 0 Å². The maximum atomic E-state index is 4.49. The van der Waals surface area contributed by atoms with Crippen LogP contribution in [0.5, 0.6) is 0 Å². The third-order valence-corrected chi connectivity index (χ3v) is 3.00. The Kier molecular flexibility index (Phi) is 2.83. The summed E-state index contributed by atoms with van der Waals surface area (Å²) in [6.45, 7) is 1.99. The Bertz CT molecular complexity index is 737. The molecule has 0 saturated heterocycles. The Hall–Kier alpha value is -2.49. The molecule has 94 valence electrons. The number of benzene rings is 1. The van der Waals surface area contributed by atoms with Gasteiger partial charge in [-0.1, -0.05) is 6.07 Å². The third kappa shape index (κ3) is 2.25. The average Bonchev–Trinajstić information content (AvgIpc) is 2.46. The Morgan fingerprint density at radius 1 is 1.00 bits per heavy atom. The normalized spacial score (nSPS) is 10.6. The van der Waals surface area contributed by atoms with E-state index in [1.165, 1.54) is 0 Å². The molecular formula is C15H14N4. The molecule has 0 radical (unpaired) electrons. The first-order chi connectivity index (χ1) is 9.26. The fourth-order valence-corrected chi connectivity index (χ4v) is 2.00. The summed E-state index contributed by atoms with van der Waals surface area (Å²) in [5, 5.41) is 4.12. The van der Waals surface area contributed by atoms with E-state index in [1.54, 1.807) is 6.20 Å². The molecule has 19 heavy (non-hydrogen) atoms. The van der Waals surface area contributed by atoms with Crippen LogP contribution in [0.15, 0.2) is 42.6 Å². The van der Waals surface area contributed by atoms with E-state index < -0.39 is 0 Å². The quantitative estimate of drug-likeness (QED) is 0.759. The first kappa shape index (κ1) is 11.6. The maximum Gasteiger partial charge on any atom is 0.161 e. The summed E-state index contributed by atoms with van der Waals surface area (Å²) in [4.78, 5) is 13.2. The molecule has 1 aromatic carbocycles. The number of nitrogens with zero attached hydrogens (tertiary/aromatic N) is 3. The van der Waals surface area contributed by atoms with Gasteiger partial charge in [0.25, 0.3) is 0 Å². The van der Waals surface area contributed by atoms with Gasteiger partial charge in [0.2, 0.25) is 0 Å². The van der Waals surface area contributed by atoms with Crippen LogP contribution in [0, 0.1) is 6.92 Å². The van der Waals surface area contributed by atoms with Crippen LogP contribution < -0.4 is 5.32 Å². The SMILES string of the molecule is CNc1ccnc(-c2ccc3nc(C)ccc3c2)n1. The predicted molar refractivity (Wildman–Crippen MR) is 77.1 cm³/mol. The third-order valence-electron chi connectivity index (χ3n) is 3.00. The number of rotatable bonds is 2. The molecule has 0 atom stereocenters. The summed E-state index contributed by atoms with van der Waals surface area (Å²) >= 11 is 0. The van der Waals surface area contributed by atoms with Gasteiger partial charge in [-0.25, -0.2) is 9.97 Å². The molecule has 4 nitrogen and oxygen atoms in total. The maximum absolute atomic E-state index is 4.49. The first-order valence-corrected chi connectivity index (χ1v) is 6.15. The van der Waals surface area contributed by atoms with Crippen LogP contribution in [0.25, 0.3) is 22.3 Å². The highest BCUT2D eigenvalue weighted by Gasteiger charge is 2.04. The van der Waals surface area contributed by atoms with E-state index >= 15 is 0 Å². The highest BCUT2D eigenvalue weighted by Crippen LogP contribution is 2.21. The van der Waals surface area contributed by atoms with E-state index in [-0.39, 0.29) is 0 Å². The zero-order valence-electron chi connectivity index (χ0n) is 10.9. The minimum Gasteiger partial charge on any atom is -0.373 e. The molecule has 1 N–H and O–H groups in total. The number of nitrogens with one attached hydrogen (secondary N) is 1. The standard InChI is InChI=1S/C15H14N4/c1-10-3-4-11-9-12(5-6-13(11)18-10)15-17-8-7-14(16-2)19-15/h3-9H,1-2H3,(H,16,17,19). The summed E-state index contributed by atoms with van der Waals surface area (Å²) in [5.74, 6) is 1.53. The molecular weight excluding hydrogens is 236 g/mol. The van der Waals surface area contributed by atoms with E-state index in [9.17, 15) is 0 Å². The second kappa shape index (κ2) is 4.65. The topological polar surface area (TPSA) is 50.7 Å². The number of aryl methyl sites for hydroxylation is 1. The molecule has 0 aliphatic heterocycles. The van der Waals surface area contributed by atoms with Crippen LogP contribution >= 0.6 is 0 Å². The first-order valence-electron chi connectivity index (χ1n) is 6.15. The van der Waals surface area contributed by atoms with Gasteiger partial charge < -0.3 is 5.32 Å². The summed E-state index contributed by atoms with van der Waals surface area (Å²) in [6.07, 6.45) is 1.76. The second-order valence-electron chi connectivity index (χ2n) is 4.38. The van der Waals surface area contributed by atoms with E-state index in [4.69, 9.17) is 0 Å². The summed E-state index contributed by atoms with van der Waals surface area (Å²) in [6, 6.07) is 12.0. The van der Waals surface area contributed by atoms with Gasteiger partial charge in [-0.15, -0.1) is 0 Å². The molecule has 0 unspecified atom stereocenters. The van der Waals surface area contributed by atoms with Crippen LogP contribution in [-0.4, -0.2) is 22.0 Å². The summed E-state index contributed by atoms with van der Waals surface area (Å²) in [7, 11) is 1.85. The Labute approximate surface area is 111 Å². The van der Waals surface area contributed by atoms with Crippen LogP contribution in [0.2, 0.25) is 0 Å². The molecule has 3 aromatic rings. The van der Waals surface area contributed by atoms with Gasteiger partial charge in [0.05, 0.1) is 5.52 Å². The van der Waals surface area contributed by atoms with Crippen molar-refractivity contribution >= 4 is 16.7 Å². The number of hydrogen-bond donors (Lipinski definition) is 1. The predicted octanol–water partition coefficient (Wildman–Crippen LogP) is 3.04. The van der Waals surface area contributed by atoms with Crippen molar-refractivity contribution in [1.29, 1.82) is 0 Å². The molecule has 0 spiro atoms. The Morgan fingerprint density at radius 2 is 1.89 bits per heavy atom. The van der Waals surface area contributed by atoms with Crippen molar-refractivity contribution < 1.29 is 0 Å². The van der Waals surface area contributed by atoms with Gasteiger partial charge in [-0.3, -0.25) is 4.98 Å². The molecule has 3 rings (SSSR count). The average molecular weight is 250 g/mol. The van der Waals surface area contributed by atoms with E-state index in [0.717, 1.165) is 28.0 Å². The van der Waals surface area contributed by atoms with Crippen LogP contribution in [0.1, 0.15) is 5.69 Å². The Balaban J connectivity index is 2.12. The van der Waals surface area contributed by atoms with Crippen LogP contribution in [-0.2, 0) is 0 Å². The number of hydrogen-bond acceptors (Lipinski definition) is 4. The number of aromatic nitrogens is 3. The highest BCUT2D eigenvalue weighted by molar-refractivity contribution is 5.83. The van der Waals surface area contributed by atoms with Gasteiger partial charge in [0.15, 0.2) is 5.82 Å². The molecule has 0 amide bonds. The van der Waals surface area contributed by atoms with Crippen LogP contribution in [0.4, 0.5) is 5.82 Å². The number of pyridine rings is 1. The minimum absolute atomic E-state index is 0.717. The minimum atomic E-state index is 0.717. The fraction of sp³-hybridized carbons (Fsp3) is 0.133. The van der Waals surface area contributed by atoms with E-state index in [1.807, 2.05) is 38.2 Å². The molecule has 0 saturated carbocycles. The van der Waals surface area contributed by atoms with Gasteiger partial charge >= 0.3 is 0 Å². The van der Waals surface area contributed by atoms with Crippen molar-refractivity contribution in [2.45, 2.75) is 6.92 Å². The lowest BCUT2D eigenvalue weighted by molar-refractivity contribution is 1.17. The van der Waals surface area contributed by atoms with Crippen molar-refractivity contribution in [2.24, 2.45) is 0 Å². The van der Waals surface area contributed by atoms with E-state index in [0.29, 0.717) is 5.82 Å². The number of anilines is 1. The zero-order chi connectivity index (χ0) is 13.2. The molecule has 0 fully saturated rings. The molecule has 0 aliphatic carbocycles. The van der Waals surface area contributed by atoms with Gasteiger partial charge in [-0.05, 0) is 37.3 Å². The zero-order valence-corrected chi connectivity index (χ0v) is 10.9. The fourth-order valence-electron chi connectivity index (χ4n) is 2.00. The largest absolute Gasteiger partial charge is 0.373 e. The second-order valence-corrected chi connectivity index (χ2v) is 4.38. The number of fused-ring (bicyclic) bond motifs is 1. The highest BCUT2D eigenvalue weighted by atomic mass is 15.0. The summed E-state index contributed by atoms with van der Waals surface area (Å²) < 4.78 is 0. The molecule has 4 heteroatoms. The lowest BCUT2D eigenvalue weighted by Crippen LogP contribution is -1.95. The van der Waals surface area contributed by atoms with Gasteiger partial charge in [0, 0.05) is 29.9 Å². The van der Waals surface area contributed by atoms with Crippen molar-refractivity contribution in [3.63, 3.8) is 0 Å². The smallest absolute Gasteiger partial charge is 0.161 e. The van der Waals surface area contributed by atoms with Crippen molar-refractivity contribution in [3.05, 3.63) is 48.3 Å². The van der Waals surface area contributed by atoms with E-state index in [2.05, 4.69) is 32.4 Å². The molecule has 0 bridgehead atoms. The van der Waals surface area contributed by atoms with Crippen molar-refractivity contribution in [1.82, 2.24) is 15.0 Å². The lowest BCUT2D eigenvalue weighted by Gasteiger charge is -2.05. The lowest BCUT2D eigenvalue weighted by atomic mass is 10.1.